The first-order valence-electron chi connectivity index (χ1n) is 4.83. The average Bonchev–Trinajstić information content (AvgIpc) is 2.31. The Hall–Kier alpha value is -2.55. The minimum Gasteiger partial charge on any atom is -0.478 e. The van der Waals surface area contributed by atoms with Crippen LogP contribution >= 0.6 is 0 Å². The zero-order chi connectivity index (χ0) is 13.7. The van der Waals surface area contributed by atoms with E-state index in [0.29, 0.717) is 0 Å². The number of hydrogen-bond donors (Lipinski definition) is 2. The summed E-state index contributed by atoms with van der Waals surface area (Å²) in [5.41, 5.74) is 4.79. The molecule has 0 aromatic heterocycles. The van der Waals surface area contributed by atoms with Gasteiger partial charge in [-0.25, -0.2) is 9.18 Å². The number of rotatable bonds is 2. The molecule has 6 heteroatoms. The lowest BCUT2D eigenvalue weighted by molar-refractivity contribution is -0.139. The van der Waals surface area contributed by atoms with Gasteiger partial charge >= 0.3 is 11.9 Å². The number of carboxylic acids is 1. The number of methoxy groups -OCH3 is 1. The Labute approximate surface area is 102 Å². The van der Waals surface area contributed by atoms with Gasteiger partial charge in [-0.05, 0) is 12.1 Å². The zero-order valence-electron chi connectivity index (χ0n) is 9.49. The van der Waals surface area contributed by atoms with Crippen LogP contribution in [-0.2, 0) is 9.53 Å². The molecule has 0 radical (unpaired) electrons. The SMILES string of the molecule is COC(=O)CC#Cc1cc(C(=O)O)c(N)cc1F. The van der Waals surface area contributed by atoms with Crippen LogP contribution in [0.2, 0.25) is 0 Å². The average molecular weight is 251 g/mol. The number of carbonyl (C=O) groups is 2. The summed E-state index contributed by atoms with van der Waals surface area (Å²) >= 11 is 0. The number of carbonyl (C=O) groups excluding carboxylic acids is 1. The fourth-order valence-corrected chi connectivity index (χ4v) is 1.15. The summed E-state index contributed by atoms with van der Waals surface area (Å²) in [6, 6.07) is 1.91. The number of anilines is 1. The van der Waals surface area contributed by atoms with Gasteiger partial charge in [0.25, 0.3) is 0 Å². The minimum atomic E-state index is -1.27. The number of nitrogen functional groups attached to an aromatic ring is 1. The van der Waals surface area contributed by atoms with Crippen LogP contribution in [0.3, 0.4) is 0 Å². The predicted octanol–water partition coefficient (Wildman–Crippen LogP) is 1.02. The van der Waals surface area contributed by atoms with Gasteiger partial charge in [0, 0.05) is 5.69 Å². The first-order valence-corrected chi connectivity index (χ1v) is 4.83. The van der Waals surface area contributed by atoms with Gasteiger partial charge in [0.2, 0.25) is 0 Å². The summed E-state index contributed by atoms with van der Waals surface area (Å²) in [6.07, 6.45) is -0.206. The molecule has 18 heavy (non-hydrogen) atoms. The van der Waals surface area contributed by atoms with E-state index in [9.17, 15) is 14.0 Å². The highest BCUT2D eigenvalue weighted by Gasteiger charge is 2.11. The summed E-state index contributed by atoms with van der Waals surface area (Å²) in [5.74, 6) is 2.16. The van der Waals surface area contributed by atoms with E-state index in [1.165, 1.54) is 7.11 Å². The summed E-state index contributed by atoms with van der Waals surface area (Å²) in [5, 5.41) is 8.81. The van der Waals surface area contributed by atoms with Crippen LogP contribution in [0.1, 0.15) is 22.3 Å². The van der Waals surface area contributed by atoms with Gasteiger partial charge in [-0.1, -0.05) is 11.8 Å². The highest BCUT2D eigenvalue weighted by atomic mass is 19.1. The minimum absolute atomic E-state index is 0.134. The maximum absolute atomic E-state index is 13.4. The number of benzene rings is 1. The molecule has 0 amide bonds. The van der Waals surface area contributed by atoms with Crippen molar-refractivity contribution in [2.24, 2.45) is 0 Å². The molecular weight excluding hydrogens is 241 g/mol. The quantitative estimate of drug-likeness (QED) is 0.465. The molecule has 5 nitrogen and oxygen atoms in total. The molecular formula is C12H10FNO4. The van der Waals surface area contributed by atoms with E-state index in [4.69, 9.17) is 10.8 Å². The summed E-state index contributed by atoms with van der Waals surface area (Å²) in [6.45, 7) is 0. The van der Waals surface area contributed by atoms with E-state index in [-0.39, 0.29) is 23.2 Å². The standard InChI is InChI=1S/C12H10FNO4/c1-18-11(15)4-2-3-7-5-8(12(16)17)10(14)6-9(7)13/h5-6H,4,14H2,1H3,(H,16,17). The Morgan fingerprint density at radius 3 is 2.72 bits per heavy atom. The molecule has 0 aliphatic carbocycles. The Bertz CT molecular complexity index is 557. The van der Waals surface area contributed by atoms with Gasteiger partial charge in [0.1, 0.15) is 12.2 Å². The molecule has 1 aromatic carbocycles. The second kappa shape index (κ2) is 5.68. The Kier molecular flexibility index (Phi) is 4.27. The fourth-order valence-electron chi connectivity index (χ4n) is 1.15. The van der Waals surface area contributed by atoms with E-state index >= 15 is 0 Å². The molecule has 0 fully saturated rings. The number of carboxylic acid groups (broad SMARTS) is 1. The fraction of sp³-hybridized carbons (Fsp3) is 0.167. The molecule has 0 bridgehead atoms. The Morgan fingerprint density at radius 1 is 1.50 bits per heavy atom. The molecule has 3 N–H and O–H groups in total. The van der Waals surface area contributed by atoms with Gasteiger partial charge in [0.05, 0.1) is 18.2 Å². The van der Waals surface area contributed by atoms with E-state index < -0.39 is 17.8 Å². The predicted molar refractivity (Wildman–Crippen MR) is 61.3 cm³/mol. The third-order valence-corrected chi connectivity index (χ3v) is 2.05. The number of ether oxygens (including phenoxy) is 1. The van der Waals surface area contributed by atoms with Crippen molar-refractivity contribution in [3.05, 3.63) is 29.1 Å². The first-order chi connectivity index (χ1) is 8.45. The number of hydrogen-bond acceptors (Lipinski definition) is 4. The van der Waals surface area contributed by atoms with Crippen molar-refractivity contribution in [3.8, 4) is 11.8 Å². The van der Waals surface area contributed by atoms with Gasteiger partial charge < -0.3 is 15.6 Å². The van der Waals surface area contributed by atoms with Crippen LogP contribution in [0.25, 0.3) is 0 Å². The van der Waals surface area contributed by atoms with E-state index in [2.05, 4.69) is 16.6 Å². The Balaban J connectivity index is 3.06. The summed E-state index contributed by atoms with van der Waals surface area (Å²) in [7, 11) is 1.20. The van der Waals surface area contributed by atoms with Crippen molar-refractivity contribution in [1.29, 1.82) is 0 Å². The second-order valence-electron chi connectivity index (χ2n) is 3.28. The molecule has 0 atom stereocenters. The zero-order valence-corrected chi connectivity index (χ0v) is 9.49. The first kappa shape index (κ1) is 13.5. The smallest absolute Gasteiger partial charge is 0.337 e. The monoisotopic (exact) mass is 251 g/mol. The second-order valence-corrected chi connectivity index (χ2v) is 3.28. The van der Waals surface area contributed by atoms with Crippen LogP contribution in [0.5, 0.6) is 0 Å². The Morgan fingerprint density at radius 2 is 2.17 bits per heavy atom. The largest absolute Gasteiger partial charge is 0.478 e. The summed E-state index contributed by atoms with van der Waals surface area (Å²) in [4.78, 5) is 21.6. The topological polar surface area (TPSA) is 89.6 Å². The molecule has 0 spiro atoms. The third-order valence-electron chi connectivity index (χ3n) is 2.05. The number of nitrogens with two attached hydrogens (primary N) is 1. The van der Waals surface area contributed by atoms with Crippen LogP contribution in [0.4, 0.5) is 10.1 Å². The molecule has 0 heterocycles. The molecule has 0 saturated carbocycles. The number of aromatic carboxylic acids is 1. The van der Waals surface area contributed by atoms with Gasteiger partial charge in [-0.3, -0.25) is 4.79 Å². The van der Waals surface area contributed by atoms with Crippen molar-refractivity contribution >= 4 is 17.6 Å². The van der Waals surface area contributed by atoms with E-state index in [1.807, 2.05) is 0 Å². The van der Waals surface area contributed by atoms with Gasteiger partial charge in [-0.15, -0.1) is 0 Å². The normalized spacial score (nSPS) is 9.22. The van der Waals surface area contributed by atoms with Crippen LogP contribution < -0.4 is 5.73 Å². The van der Waals surface area contributed by atoms with Crippen molar-refractivity contribution in [3.63, 3.8) is 0 Å². The highest BCUT2D eigenvalue weighted by molar-refractivity contribution is 5.94. The molecule has 0 aliphatic heterocycles. The molecule has 1 aromatic rings. The van der Waals surface area contributed by atoms with Crippen molar-refractivity contribution in [2.45, 2.75) is 6.42 Å². The number of halogens is 1. The van der Waals surface area contributed by atoms with Crippen molar-refractivity contribution < 1.29 is 23.8 Å². The van der Waals surface area contributed by atoms with Crippen molar-refractivity contribution in [2.75, 3.05) is 12.8 Å². The molecule has 94 valence electrons. The summed E-state index contributed by atoms with van der Waals surface area (Å²) < 4.78 is 17.8. The lowest BCUT2D eigenvalue weighted by Crippen LogP contribution is -2.04. The van der Waals surface area contributed by atoms with Crippen molar-refractivity contribution in [1.82, 2.24) is 0 Å². The molecule has 0 aliphatic rings. The lowest BCUT2D eigenvalue weighted by atomic mass is 10.1. The number of esters is 1. The lowest BCUT2D eigenvalue weighted by Gasteiger charge is -2.02. The third kappa shape index (κ3) is 3.22. The molecule has 0 saturated heterocycles. The van der Waals surface area contributed by atoms with E-state index in [0.717, 1.165) is 12.1 Å². The van der Waals surface area contributed by atoms with E-state index in [1.54, 1.807) is 0 Å². The van der Waals surface area contributed by atoms with Gasteiger partial charge in [0.15, 0.2) is 0 Å². The molecule has 0 unspecified atom stereocenters. The van der Waals surface area contributed by atoms with Crippen LogP contribution in [-0.4, -0.2) is 24.2 Å². The van der Waals surface area contributed by atoms with Crippen LogP contribution in [0, 0.1) is 17.7 Å². The maximum Gasteiger partial charge on any atom is 0.337 e. The van der Waals surface area contributed by atoms with Crippen LogP contribution in [0.15, 0.2) is 12.1 Å². The van der Waals surface area contributed by atoms with Gasteiger partial charge in [-0.2, -0.15) is 0 Å². The maximum atomic E-state index is 13.4. The molecule has 1 rings (SSSR count). The highest BCUT2D eigenvalue weighted by Crippen LogP contribution is 2.17.